The number of halogens is 1. The Morgan fingerprint density at radius 3 is 2.96 bits per heavy atom. The van der Waals surface area contributed by atoms with Gasteiger partial charge in [0, 0.05) is 10.4 Å². The molecule has 0 spiro atoms. The summed E-state index contributed by atoms with van der Waals surface area (Å²) < 4.78 is 4.89. The van der Waals surface area contributed by atoms with Crippen molar-refractivity contribution in [1.29, 1.82) is 0 Å². The Kier molecular flexibility index (Phi) is 6.12. The van der Waals surface area contributed by atoms with E-state index in [4.69, 9.17) is 16.3 Å². The van der Waals surface area contributed by atoms with E-state index in [-0.39, 0.29) is 12.4 Å². The van der Waals surface area contributed by atoms with Crippen molar-refractivity contribution in [2.24, 2.45) is 5.10 Å². The van der Waals surface area contributed by atoms with Gasteiger partial charge in [-0.3, -0.25) is 10.2 Å². The van der Waals surface area contributed by atoms with E-state index in [1.807, 2.05) is 31.4 Å². The third-order valence-electron chi connectivity index (χ3n) is 3.09. The van der Waals surface area contributed by atoms with Crippen molar-refractivity contribution in [3.05, 3.63) is 44.9 Å². The van der Waals surface area contributed by atoms with Crippen molar-refractivity contribution in [3.63, 3.8) is 0 Å². The number of carbonyl (C=O) groups excluding carboxylic acids is 1. The molecule has 1 heterocycles. The predicted molar refractivity (Wildman–Crippen MR) is 94.6 cm³/mol. The van der Waals surface area contributed by atoms with Gasteiger partial charge < -0.3 is 4.74 Å². The maximum absolute atomic E-state index is 11.4. The SMILES string of the molecule is CCOC(=O)Cc1csc(NN=Cc2cc(C)c(Cl)cc2C)n1. The molecule has 2 rings (SSSR count). The fraction of sp³-hybridized carbons (Fsp3) is 0.312. The minimum atomic E-state index is -0.278. The zero-order valence-corrected chi connectivity index (χ0v) is 14.8. The molecular weight excluding hydrogens is 334 g/mol. The Morgan fingerprint density at radius 1 is 1.43 bits per heavy atom. The van der Waals surface area contributed by atoms with Gasteiger partial charge in [-0.2, -0.15) is 5.10 Å². The number of carbonyl (C=O) groups is 1. The number of hydrogen-bond donors (Lipinski definition) is 1. The number of aryl methyl sites for hydroxylation is 2. The van der Waals surface area contributed by atoms with Crippen LogP contribution in [0.15, 0.2) is 22.6 Å². The van der Waals surface area contributed by atoms with E-state index in [0.717, 1.165) is 21.7 Å². The molecule has 0 atom stereocenters. The second-order valence-electron chi connectivity index (χ2n) is 4.95. The number of ether oxygens (including phenoxy) is 1. The Hall–Kier alpha value is -1.92. The number of rotatable bonds is 6. The van der Waals surface area contributed by atoms with E-state index in [9.17, 15) is 4.79 Å². The lowest BCUT2D eigenvalue weighted by Gasteiger charge is -2.04. The van der Waals surface area contributed by atoms with Gasteiger partial charge in [-0.05, 0) is 49.6 Å². The Labute approximate surface area is 144 Å². The highest BCUT2D eigenvalue weighted by Crippen LogP contribution is 2.20. The molecule has 0 amide bonds. The molecule has 0 saturated heterocycles. The largest absolute Gasteiger partial charge is 0.466 e. The second-order valence-corrected chi connectivity index (χ2v) is 6.22. The van der Waals surface area contributed by atoms with Crippen LogP contribution in [0.25, 0.3) is 0 Å². The molecular formula is C16H18ClN3O2S. The molecule has 0 aliphatic heterocycles. The van der Waals surface area contributed by atoms with Crippen molar-refractivity contribution >= 4 is 40.3 Å². The van der Waals surface area contributed by atoms with Crippen LogP contribution in [-0.4, -0.2) is 23.8 Å². The smallest absolute Gasteiger partial charge is 0.311 e. The first kappa shape index (κ1) is 17.4. The zero-order chi connectivity index (χ0) is 16.8. The van der Waals surface area contributed by atoms with E-state index in [1.54, 1.807) is 13.1 Å². The number of benzene rings is 1. The lowest BCUT2D eigenvalue weighted by atomic mass is 10.1. The van der Waals surface area contributed by atoms with Crippen LogP contribution in [0.3, 0.4) is 0 Å². The number of anilines is 1. The number of nitrogens with zero attached hydrogens (tertiary/aromatic N) is 2. The summed E-state index contributed by atoms with van der Waals surface area (Å²) in [4.78, 5) is 15.7. The van der Waals surface area contributed by atoms with Crippen molar-refractivity contribution < 1.29 is 9.53 Å². The van der Waals surface area contributed by atoms with Crippen LogP contribution in [0.4, 0.5) is 5.13 Å². The van der Waals surface area contributed by atoms with Gasteiger partial charge in [-0.1, -0.05) is 11.6 Å². The van der Waals surface area contributed by atoms with Crippen molar-refractivity contribution in [3.8, 4) is 0 Å². The van der Waals surface area contributed by atoms with Gasteiger partial charge in [0.25, 0.3) is 0 Å². The summed E-state index contributed by atoms with van der Waals surface area (Å²) in [5.41, 5.74) is 6.59. The van der Waals surface area contributed by atoms with Gasteiger partial charge in [0.2, 0.25) is 5.13 Å². The maximum atomic E-state index is 11.4. The molecule has 23 heavy (non-hydrogen) atoms. The second kappa shape index (κ2) is 8.08. The fourth-order valence-electron chi connectivity index (χ4n) is 1.90. The minimum absolute atomic E-state index is 0.172. The van der Waals surface area contributed by atoms with Crippen molar-refractivity contribution in [2.75, 3.05) is 12.0 Å². The van der Waals surface area contributed by atoms with E-state index < -0.39 is 0 Å². The number of nitrogens with one attached hydrogen (secondary N) is 1. The highest BCUT2D eigenvalue weighted by atomic mass is 35.5. The highest BCUT2D eigenvalue weighted by Gasteiger charge is 2.08. The molecule has 1 aromatic carbocycles. The molecule has 0 fully saturated rings. The van der Waals surface area contributed by atoms with Crippen molar-refractivity contribution in [1.82, 2.24) is 4.98 Å². The van der Waals surface area contributed by atoms with Gasteiger partial charge >= 0.3 is 5.97 Å². The summed E-state index contributed by atoms with van der Waals surface area (Å²) in [6, 6.07) is 3.90. The molecule has 122 valence electrons. The van der Waals surface area contributed by atoms with Crippen LogP contribution < -0.4 is 5.43 Å². The number of hydrazone groups is 1. The maximum Gasteiger partial charge on any atom is 0.311 e. The average Bonchev–Trinajstić information content (AvgIpc) is 2.92. The monoisotopic (exact) mass is 351 g/mol. The molecule has 0 unspecified atom stereocenters. The quantitative estimate of drug-likeness (QED) is 0.486. The zero-order valence-electron chi connectivity index (χ0n) is 13.2. The summed E-state index contributed by atoms with van der Waals surface area (Å²) in [7, 11) is 0. The molecule has 0 aliphatic rings. The molecule has 0 radical (unpaired) electrons. The van der Waals surface area contributed by atoms with Crippen LogP contribution in [0.1, 0.15) is 29.3 Å². The highest BCUT2D eigenvalue weighted by molar-refractivity contribution is 7.13. The van der Waals surface area contributed by atoms with Gasteiger partial charge in [0.1, 0.15) is 0 Å². The van der Waals surface area contributed by atoms with Crippen LogP contribution in [-0.2, 0) is 16.0 Å². The summed E-state index contributed by atoms with van der Waals surface area (Å²) in [5.74, 6) is -0.278. The molecule has 0 saturated carbocycles. The van der Waals surface area contributed by atoms with Crippen LogP contribution in [0, 0.1) is 13.8 Å². The van der Waals surface area contributed by atoms with Crippen LogP contribution in [0.2, 0.25) is 5.02 Å². The number of hydrogen-bond acceptors (Lipinski definition) is 6. The first-order valence-corrected chi connectivity index (χ1v) is 8.41. The van der Waals surface area contributed by atoms with Crippen LogP contribution in [0.5, 0.6) is 0 Å². The Bertz CT molecular complexity index is 728. The number of thiazole rings is 1. The Morgan fingerprint density at radius 2 is 2.22 bits per heavy atom. The van der Waals surface area contributed by atoms with Crippen LogP contribution >= 0.6 is 22.9 Å². The normalized spacial score (nSPS) is 11.0. The topological polar surface area (TPSA) is 63.6 Å². The van der Waals surface area contributed by atoms with E-state index in [2.05, 4.69) is 15.5 Å². The first-order chi connectivity index (χ1) is 11.0. The summed E-state index contributed by atoms with van der Waals surface area (Å²) in [6.07, 6.45) is 1.90. The third-order valence-corrected chi connectivity index (χ3v) is 4.30. The van der Waals surface area contributed by atoms with E-state index in [1.165, 1.54) is 11.3 Å². The lowest BCUT2D eigenvalue weighted by Crippen LogP contribution is -2.07. The third kappa shape index (κ3) is 5.04. The number of esters is 1. The minimum Gasteiger partial charge on any atom is -0.466 e. The summed E-state index contributed by atoms with van der Waals surface area (Å²) in [6.45, 7) is 6.09. The van der Waals surface area contributed by atoms with E-state index in [0.29, 0.717) is 17.4 Å². The lowest BCUT2D eigenvalue weighted by molar-refractivity contribution is -0.142. The molecule has 2 aromatic rings. The predicted octanol–water partition coefficient (Wildman–Crippen LogP) is 3.96. The molecule has 0 bridgehead atoms. The summed E-state index contributed by atoms with van der Waals surface area (Å²) in [5, 5.41) is 7.37. The fourth-order valence-corrected chi connectivity index (χ4v) is 2.78. The standard InChI is InChI=1S/C16H18ClN3O2S/c1-4-22-15(21)7-13-9-23-16(19-13)20-18-8-12-5-11(3)14(17)6-10(12)2/h5-6,8-9H,4,7H2,1-3H3,(H,19,20). The number of aromatic nitrogens is 1. The molecule has 7 heteroatoms. The van der Waals surface area contributed by atoms with E-state index >= 15 is 0 Å². The average molecular weight is 352 g/mol. The molecule has 0 aliphatic carbocycles. The van der Waals surface area contributed by atoms with Crippen molar-refractivity contribution in [2.45, 2.75) is 27.2 Å². The summed E-state index contributed by atoms with van der Waals surface area (Å²) >= 11 is 7.47. The Balaban J connectivity index is 1.97. The molecule has 5 nitrogen and oxygen atoms in total. The molecule has 1 N–H and O–H groups in total. The van der Waals surface area contributed by atoms with Gasteiger partial charge in [0.15, 0.2) is 0 Å². The van der Waals surface area contributed by atoms with Gasteiger partial charge in [-0.15, -0.1) is 11.3 Å². The van der Waals surface area contributed by atoms with Gasteiger partial charge in [-0.25, -0.2) is 4.98 Å². The molecule has 1 aromatic heterocycles. The first-order valence-electron chi connectivity index (χ1n) is 7.15. The van der Waals surface area contributed by atoms with Gasteiger partial charge in [0.05, 0.1) is 24.9 Å².